The smallest absolute Gasteiger partial charge is 0.420 e. The van der Waals surface area contributed by atoms with Crippen LogP contribution in [0.25, 0.3) is 17.1 Å². The number of methoxy groups -OCH3 is 1. The van der Waals surface area contributed by atoms with Crippen molar-refractivity contribution in [2.45, 2.75) is 25.1 Å². The second-order valence-electron chi connectivity index (χ2n) is 8.02. The molecular weight excluding hydrogens is 509 g/mol. The summed E-state index contributed by atoms with van der Waals surface area (Å²) in [5.41, 5.74) is -0.917. The number of rotatable bonds is 6. The van der Waals surface area contributed by atoms with Crippen LogP contribution in [0.2, 0.25) is 5.02 Å². The number of piperidine rings is 1. The number of ether oxygens (including phenoxy) is 1. The molecule has 1 aliphatic heterocycles. The van der Waals surface area contributed by atoms with E-state index >= 15 is 0 Å². The van der Waals surface area contributed by atoms with Gasteiger partial charge >= 0.3 is 6.18 Å². The average Bonchev–Trinajstić information content (AvgIpc) is 3.28. The fraction of sp³-hybridized carbons (Fsp3) is 0.381. The molecule has 1 aliphatic rings. The summed E-state index contributed by atoms with van der Waals surface area (Å²) in [5.74, 6) is 0.537. The Labute approximate surface area is 205 Å². The van der Waals surface area contributed by atoms with E-state index in [0.717, 1.165) is 12.5 Å². The van der Waals surface area contributed by atoms with Gasteiger partial charge in [-0.3, -0.25) is 0 Å². The minimum atomic E-state index is -4.70. The van der Waals surface area contributed by atoms with Gasteiger partial charge in [0.2, 0.25) is 16.0 Å². The predicted octanol–water partition coefficient (Wildman–Crippen LogP) is 3.85. The van der Waals surface area contributed by atoms with Gasteiger partial charge in [-0.25, -0.2) is 27.7 Å². The van der Waals surface area contributed by atoms with Crippen molar-refractivity contribution in [3.63, 3.8) is 0 Å². The molecule has 0 unspecified atom stereocenters. The summed E-state index contributed by atoms with van der Waals surface area (Å²) in [4.78, 5) is 12.1. The molecule has 1 fully saturated rings. The SMILES string of the molecule is COc1ccc(-n2cnc(-c3nc(NC4CCN(S(C)(=O)=O)CC4)ncc3C(F)(F)F)c2)c(Cl)c1. The Bertz CT molecular complexity index is 1320. The molecule has 35 heavy (non-hydrogen) atoms. The van der Waals surface area contributed by atoms with Gasteiger partial charge in [-0.2, -0.15) is 13.2 Å². The van der Waals surface area contributed by atoms with E-state index in [1.807, 2.05) is 0 Å². The standard InChI is InChI=1S/C21H22ClF3N6O3S/c1-34-14-3-4-18(16(22)9-14)30-11-17(27-12-30)19-15(21(23,24)25)10-26-20(29-19)28-13-5-7-31(8-6-13)35(2,32)33/h3-4,9-13H,5-8H2,1-2H3,(H,26,28,29). The lowest BCUT2D eigenvalue weighted by Gasteiger charge is -2.30. The molecule has 3 aromatic rings. The Morgan fingerprint density at radius 2 is 1.91 bits per heavy atom. The van der Waals surface area contributed by atoms with Crippen LogP contribution in [-0.4, -0.2) is 64.7 Å². The summed E-state index contributed by atoms with van der Waals surface area (Å²) >= 11 is 6.29. The third-order valence-electron chi connectivity index (χ3n) is 5.61. The van der Waals surface area contributed by atoms with E-state index in [9.17, 15) is 21.6 Å². The molecule has 0 aliphatic carbocycles. The van der Waals surface area contributed by atoms with Crippen molar-refractivity contribution in [1.29, 1.82) is 0 Å². The van der Waals surface area contributed by atoms with Crippen LogP contribution >= 0.6 is 11.6 Å². The summed E-state index contributed by atoms with van der Waals surface area (Å²) in [6, 6.07) is 4.73. The van der Waals surface area contributed by atoms with Crippen molar-refractivity contribution in [3.8, 4) is 22.8 Å². The van der Waals surface area contributed by atoms with E-state index in [2.05, 4.69) is 20.3 Å². The fourth-order valence-corrected chi connectivity index (χ4v) is 4.91. The number of nitrogens with zero attached hydrogens (tertiary/aromatic N) is 5. The van der Waals surface area contributed by atoms with Crippen molar-refractivity contribution in [2.75, 3.05) is 31.8 Å². The van der Waals surface area contributed by atoms with Crippen molar-refractivity contribution >= 4 is 27.6 Å². The first-order valence-corrected chi connectivity index (χ1v) is 12.7. The summed E-state index contributed by atoms with van der Waals surface area (Å²) in [7, 11) is -1.80. The molecule has 14 heteroatoms. The van der Waals surface area contributed by atoms with Gasteiger partial charge in [-0.05, 0) is 25.0 Å². The van der Waals surface area contributed by atoms with Gasteiger partial charge < -0.3 is 14.6 Å². The highest BCUT2D eigenvalue weighted by Crippen LogP contribution is 2.36. The molecule has 0 saturated carbocycles. The van der Waals surface area contributed by atoms with E-state index in [1.54, 1.807) is 18.2 Å². The molecule has 0 radical (unpaired) electrons. The molecule has 188 valence electrons. The monoisotopic (exact) mass is 530 g/mol. The second-order valence-corrected chi connectivity index (χ2v) is 10.4. The molecule has 1 aromatic carbocycles. The normalized spacial score (nSPS) is 15.8. The van der Waals surface area contributed by atoms with Gasteiger partial charge in [0, 0.05) is 37.6 Å². The maximum Gasteiger partial charge on any atom is 0.420 e. The lowest BCUT2D eigenvalue weighted by molar-refractivity contribution is -0.137. The zero-order valence-corrected chi connectivity index (χ0v) is 20.3. The third kappa shape index (κ3) is 5.68. The molecule has 4 rings (SSSR count). The van der Waals surface area contributed by atoms with Crippen LogP contribution < -0.4 is 10.1 Å². The maximum atomic E-state index is 13.7. The van der Waals surface area contributed by atoms with Crippen LogP contribution in [-0.2, 0) is 16.2 Å². The first-order valence-electron chi connectivity index (χ1n) is 10.5. The van der Waals surface area contributed by atoms with E-state index in [-0.39, 0.29) is 23.4 Å². The summed E-state index contributed by atoms with van der Waals surface area (Å²) in [6.45, 7) is 0.605. The van der Waals surface area contributed by atoms with Crippen LogP contribution in [0.15, 0.2) is 36.9 Å². The molecule has 2 aromatic heterocycles. The van der Waals surface area contributed by atoms with Gasteiger partial charge in [0.1, 0.15) is 29.0 Å². The average molecular weight is 531 g/mol. The molecule has 3 heterocycles. The second kappa shape index (κ2) is 9.63. The van der Waals surface area contributed by atoms with Crippen molar-refractivity contribution in [3.05, 3.63) is 47.5 Å². The van der Waals surface area contributed by atoms with Crippen molar-refractivity contribution in [2.24, 2.45) is 0 Å². The molecular formula is C21H22ClF3N6O3S. The van der Waals surface area contributed by atoms with Gasteiger partial charge in [0.05, 0.1) is 24.1 Å². The van der Waals surface area contributed by atoms with Crippen molar-refractivity contribution in [1.82, 2.24) is 23.8 Å². The first kappa shape index (κ1) is 25.2. The molecule has 0 atom stereocenters. The van der Waals surface area contributed by atoms with Crippen molar-refractivity contribution < 1.29 is 26.3 Å². The molecule has 1 saturated heterocycles. The highest BCUT2D eigenvalue weighted by Gasteiger charge is 2.36. The predicted molar refractivity (Wildman–Crippen MR) is 124 cm³/mol. The van der Waals surface area contributed by atoms with Gasteiger partial charge in [0.15, 0.2) is 0 Å². The number of nitrogens with one attached hydrogen (secondary N) is 1. The van der Waals surface area contributed by atoms with Crippen LogP contribution in [0.4, 0.5) is 19.1 Å². The van der Waals surface area contributed by atoms with Gasteiger partial charge in [-0.15, -0.1) is 0 Å². The number of aromatic nitrogens is 4. The highest BCUT2D eigenvalue weighted by molar-refractivity contribution is 7.88. The van der Waals surface area contributed by atoms with E-state index in [4.69, 9.17) is 16.3 Å². The minimum Gasteiger partial charge on any atom is -0.497 e. The Hall–Kier alpha value is -2.90. The summed E-state index contributed by atoms with van der Waals surface area (Å²) in [6.07, 6.45) is 0.851. The van der Waals surface area contributed by atoms with Gasteiger partial charge in [0.25, 0.3) is 0 Å². The number of halogens is 4. The number of sulfonamides is 1. The number of hydrogen-bond donors (Lipinski definition) is 1. The zero-order valence-electron chi connectivity index (χ0n) is 18.8. The minimum absolute atomic E-state index is 0.00263. The Kier molecular flexibility index (Phi) is 6.93. The van der Waals surface area contributed by atoms with Crippen LogP contribution in [0.5, 0.6) is 5.75 Å². The van der Waals surface area contributed by atoms with Crippen LogP contribution in [0, 0.1) is 0 Å². The molecule has 1 N–H and O–H groups in total. The zero-order chi connectivity index (χ0) is 25.4. The third-order valence-corrected chi connectivity index (χ3v) is 7.21. The van der Waals surface area contributed by atoms with Gasteiger partial charge in [-0.1, -0.05) is 11.6 Å². The Balaban J connectivity index is 1.62. The number of imidazole rings is 1. The molecule has 0 amide bonds. The fourth-order valence-electron chi connectivity index (χ4n) is 3.77. The number of benzene rings is 1. The summed E-state index contributed by atoms with van der Waals surface area (Å²) < 4.78 is 72.5. The van der Waals surface area contributed by atoms with E-state index in [1.165, 1.54) is 28.5 Å². The lowest BCUT2D eigenvalue weighted by atomic mass is 10.1. The maximum absolute atomic E-state index is 13.7. The van der Waals surface area contributed by atoms with Crippen LogP contribution in [0.1, 0.15) is 18.4 Å². The van der Waals surface area contributed by atoms with Crippen LogP contribution in [0.3, 0.4) is 0 Å². The Morgan fingerprint density at radius 1 is 1.20 bits per heavy atom. The quantitative estimate of drug-likeness (QED) is 0.516. The molecule has 0 bridgehead atoms. The van der Waals surface area contributed by atoms with E-state index < -0.39 is 21.8 Å². The number of anilines is 1. The molecule has 0 spiro atoms. The number of alkyl halides is 3. The Morgan fingerprint density at radius 3 is 2.51 bits per heavy atom. The topological polar surface area (TPSA) is 102 Å². The lowest BCUT2D eigenvalue weighted by Crippen LogP contribution is -2.42. The summed E-state index contributed by atoms with van der Waals surface area (Å²) in [5, 5.41) is 3.35. The first-order chi connectivity index (χ1) is 16.5. The number of hydrogen-bond acceptors (Lipinski definition) is 7. The van der Waals surface area contributed by atoms with E-state index in [0.29, 0.717) is 42.4 Å². The molecule has 9 nitrogen and oxygen atoms in total. The highest BCUT2D eigenvalue weighted by atomic mass is 35.5. The largest absolute Gasteiger partial charge is 0.497 e.